The third-order valence-corrected chi connectivity index (χ3v) is 4.52. The predicted octanol–water partition coefficient (Wildman–Crippen LogP) is 3.76. The van der Waals surface area contributed by atoms with E-state index in [1.54, 1.807) is 6.20 Å². The maximum absolute atomic E-state index is 9.97. The Morgan fingerprint density at radius 1 is 1.27 bits per heavy atom. The monoisotopic (exact) mass is 384 g/mol. The van der Waals surface area contributed by atoms with Crippen molar-refractivity contribution in [3.05, 3.63) is 41.1 Å². The summed E-state index contributed by atoms with van der Waals surface area (Å²) < 4.78 is 8.52. The number of hydrogen-bond donors (Lipinski definition) is 1. The molecule has 1 N–H and O–H groups in total. The number of rotatable bonds is 8. The highest BCUT2D eigenvalue weighted by molar-refractivity contribution is 9.10. The van der Waals surface area contributed by atoms with Gasteiger partial charge in [-0.1, -0.05) is 41.5 Å². The standard InChI is InChI=1S/C16H21BrN2O2S/c1-12(2)9-21-10-15(20)11-22-16-18-7-8-19(16)14-5-3-13(17)4-6-14/h3-8,12,15,20H,9-11H2,1-2H3. The van der Waals surface area contributed by atoms with Gasteiger partial charge in [-0.25, -0.2) is 4.98 Å². The maximum Gasteiger partial charge on any atom is 0.172 e. The Morgan fingerprint density at radius 3 is 2.68 bits per heavy atom. The van der Waals surface area contributed by atoms with Crippen molar-refractivity contribution >= 4 is 27.7 Å². The second-order valence-electron chi connectivity index (χ2n) is 5.45. The molecule has 0 aliphatic carbocycles. The summed E-state index contributed by atoms with van der Waals surface area (Å²) in [4.78, 5) is 4.36. The molecule has 1 unspecified atom stereocenters. The van der Waals surface area contributed by atoms with Crippen molar-refractivity contribution in [2.45, 2.75) is 25.1 Å². The summed E-state index contributed by atoms with van der Waals surface area (Å²) in [5, 5.41) is 10.8. The van der Waals surface area contributed by atoms with Crippen LogP contribution in [0, 0.1) is 5.92 Å². The van der Waals surface area contributed by atoms with Gasteiger partial charge in [0.1, 0.15) is 0 Å². The fraction of sp³-hybridized carbons (Fsp3) is 0.438. The van der Waals surface area contributed by atoms with Crippen LogP contribution in [0.4, 0.5) is 0 Å². The predicted molar refractivity (Wildman–Crippen MR) is 93.7 cm³/mol. The molecule has 22 heavy (non-hydrogen) atoms. The van der Waals surface area contributed by atoms with Crippen molar-refractivity contribution in [1.82, 2.24) is 9.55 Å². The zero-order chi connectivity index (χ0) is 15.9. The SMILES string of the molecule is CC(C)COCC(O)CSc1nccn1-c1ccc(Br)cc1. The summed E-state index contributed by atoms with van der Waals surface area (Å²) in [7, 11) is 0. The lowest BCUT2D eigenvalue weighted by Crippen LogP contribution is -2.19. The number of hydrogen-bond acceptors (Lipinski definition) is 4. The first-order valence-electron chi connectivity index (χ1n) is 7.24. The van der Waals surface area contributed by atoms with Gasteiger partial charge in [-0.2, -0.15) is 0 Å². The molecule has 0 saturated carbocycles. The van der Waals surface area contributed by atoms with Crippen LogP contribution >= 0.6 is 27.7 Å². The summed E-state index contributed by atoms with van der Waals surface area (Å²) in [6, 6.07) is 8.05. The number of aliphatic hydroxyl groups is 1. The molecule has 0 saturated heterocycles. The van der Waals surface area contributed by atoms with Gasteiger partial charge >= 0.3 is 0 Å². The third-order valence-electron chi connectivity index (χ3n) is 2.88. The van der Waals surface area contributed by atoms with E-state index in [0.717, 1.165) is 15.3 Å². The first-order valence-corrected chi connectivity index (χ1v) is 9.02. The van der Waals surface area contributed by atoms with Crippen LogP contribution in [0.15, 0.2) is 46.3 Å². The Morgan fingerprint density at radius 2 is 2.00 bits per heavy atom. The fourth-order valence-corrected chi connectivity index (χ4v) is 3.00. The molecule has 1 aromatic heterocycles. The highest BCUT2D eigenvalue weighted by Crippen LogP contribution is 2.22. The largest absolute Gasteiger partial charge is 0.390 e. The molecule has 0 aliphatic rings. The van der Waals surface area contributed by atoms with E-state index in [2.05, 4.69) is 34.8 Å². The highest BCUT2D eigenvalue weighted by Gasteiger charge is 2.10. The topological polar surface area (TPSA) is 47.3 Å². The second kappa shape index (κ2) is 8.72. The molecule has 0 spiro atoms. The van der Waals surface area contributed by atoms with Gasteiger partial charge in [-0.15, -0.1) is 0 Å². The Bertz CT molecular complexity index is 572. The molecule has 120 valence electrons. The second-order valence-corrected chi connectivity index (χ2v) is 7.36. The maximum atomic E-state index is 9.97. The van der Waals surface area contributed by atoms with E-state index in [-0.39, 0.29) is 0 Å². The van der Waals surface area contributed by atoms with Crippen LogP contribution in [0.2, 0.25) is 0 Å². The molecule has 2 rings (SSSR count). The quantitative estimate of drug-likeness (QED) is 0.703. The number of thioether (sulfide) groups is 1. The van der Waals surface area contributed by atoms with Crippen LogP contribution in [0.1, 0.15) is 13.8 Å². The molecule has 0 bridgehead atoms. The molecule has 0 amide bonds. The Hall–Kier alpha value is -0.820. The third kappa shape index (κ3) is 5.43. The van der Waals surface area contributed by atoms with Crippen LogP contribution in [0.25, 0.3) is 5.69 Å². The Kier molecular flexibility index (Phi) is 6.95. The molecular weight excluding hydrogens is 364 g/mol. The molecule has 0 aliphatic heterocycles. The lowest BCUT2D eigenvalue weighted by molar-refractivity contribution is 0.0364. The first-order chi connectivity index (χ1) is 10.6. The lowest BCUT2D eigenvalue weighted by Gasteiger charge is -2.13. The van der Waals surface area contributed by atoms with E-state index in [9.17, 15) is 5.11 Å². The van der Waals surface area contributed by atoms with Crippen LogP contribution in [0.3, 0.4) is 0 Å². The number of halogens is 1. The summed E-state index contributed by atoms with van der Waals surface area (Å²) >= 11 is 4.96. The molecular formula is C16H21BrN2O2S. The smallest absolute Gasteiger partial charge is 0.172 e. The number of benzene rings is 1. The van der Waals surface area contributed by atoms with E-state index in [4.69, 9.17) is 4.74 Å². The van der Waals surface area contributed by atoms with Gasteiger partial charge in [0.25, 0.3) is 0 Å². The zero-order valence-electron chi connectivity index (χ0n) is 12.8. The molecule has 6 heteroatoms. The minimum atomic E-state index is -0.487. The normalized spacial score (nSPS) is 12.8. The zero-order valence-corrected chi connectivity index (χ0v) is 15.2. The van der Waals surface area contributed by atoms with Crippen molar-refractivity contribution < 1.29 is 9.84 Å². The van der Waals surface area contributed by atoms with Gasteiger partial charge < -0.3 is 9.84 Å². The number of imidazole rings is 1. The van der Waals surface area contributed by atoms with Crippen LogP contribution in [0.5, 0.6) is 0 Å². The average Bonchev–Trinajstić information content (AvgIpc) is 2.94. The summed E-state index contributed by atoms with van der Waals surface area (Å²) in [5.74, 6) is 1.04. The van der Waals surface area contributed by atoms with E-state index < -0.39 is 6.10 Å². The van der Waals surface area contributed by atoms with Gasteiger partial charge in [0.05, 0.1) is 12.7 Å². The number of ether oxygens (including phenoxy) is 1. The van der Waals surface area contributed by atoms with E-state index in [1.807, 2.05) is 35.0 Å². The van der Waals surface area contributed by atoms with Gasteiger partial charge in [-0.05, 0) is 30.2 Å². The Labute approximate surface area is 144 Å². The van der Waals surface area contributed by atoms with E-state index in [0.29, 0.717) is 24.9 Å². The number of aromatic nitrogens is 2. The van der Waals surface area contributed by atoms with Crippen molar-refractivity contribution in [1.29, 1.82) is 0 Å². The van der Waals surface area contributed by atoms with Crippen LogP contribution < -0.4 is 0 Å². The summed E-state index contributed by atoms with van der Waals surface area (Å²) in [6.45, 7) is 5.23. The molecule has 4 nitrogen and oxygen atoms in total. The highest BCUT2D eigenvalue weighted by atomic mass is 79.9. The molecule has 1 atom stereocenters. The van der Waals surface area contributed by atoms with Crippen molar-refractivity contribution in [2.75, 3.05) is 19.0 Å². The minimum Gasteiger partial charge on any atom is -0.390 e. The van der Waals surface area contributed by atoms with E-state index in [1.165, 1.54) is 11.8 Å². The Balaban J connectivity index is 1.89. The van der Waals surface area contributed by atoms with Crippen LogP contribution in [-0.4, -0.2) is 39.7 Å². The molecule has 0 radical (unpaired) electrons. The van der Waals surface area contributed by atoms with Crippen molar-refractivity contribution in [3.63, 3.8) is 0 Å². The molecule has 0 fully saturated rings. The van der Waals surface area contributed by atoms with Gasteiger partial charge in [0.2, 0.25) is 0 Å². The summed E-state index contributed by atoms with van der Waals surface area (Å²) in [5.41, 5.74) is 1.05. The molecule has 1 aromatic carbocycles. The first kappa shape index (κ1) is 17.5. The van der Waals surface area contributed by atoms with E-state index >= 15 is 0 Å². The fourth-order valence-electron chi connectivity index (χ4n) is 1.85. The molecule has 2 aromatic rings. The minimum absolute atomic E-state index is 0.365. The van der Waals surface area contributed by atoms with Crippen molar-refractivity contribution in [3.8, 4) is 5.69 Å². The van der Waals surface area contributed by atoms with Gasteiger partial charge in [-0.3, -0.25) is 4.57 Å². The van der Waals surface area contributed by atoms with Gasteiger partial charge in [0.15, 0.2) is 5.16 Å². The lowest BCUT2D eigenvalue weighted by atomic mass is 10.2. The number of aliphatic hydroxyl groups excluding tert-OH is 1. The van der Waals surface area contributed by atoms with Crippen molar-refractivity contribution in [2.24, 2.45) is 5.92 Å². The van der Waals surface area contributed by atoms with Crippen LogP contribution in [-0.2, 0) is 4.74 Å². The average molecular weight is 385 g/mol. The number of nitrogens with zero attached hydrogens (tertiary/aromatic N) is 2. The molecule has 1 heterocycles. The summed E-state index contributed by atoms with van der Waals surface area (Å²) in [6.07, 6.45) is 3.21. The van der Waals surface area contributed by atoms with Gasteiger partial charge in [0, 0.05) is 34.9 Å².